The van der Waals surface area contributed by atoms with Crippen molar-refractivity contribution in [1.82, 2.24) is 4.98 Å². The molecule has 1 radical (unpaired) electrons. The molecule has 0 aliphatic rings. The van der Waals surface area contributed by atoms with Crippen LogP contribution in [0, 0.1) is 6.07 Å². The van der Waals surface area contributed by atoms with Crippen LogP contribution in [0.15, 0.2) is 12.3 Å². The lowest BCUT2D eigenvalue weighted by molar-refractivity contribution is 0.185. The van der Waals surface area contributed by atoms with Gasteiger partial charge in [-0.3, -0.25) is 0 Å². The predicted octanol–water partition coefficient (Wildman–Crippen LogP) is 1.46. The third kappa shape index (κ3) is 2.20. The lowest BCUT2D eigenvalue weighted by atomic mass is 10.2. The number of rotatable bonds is 4. The van der Waals surface area contributed by atoms with Crippen LogP contribution in [0.3, 0.4) is 0 Å². The van der Waals surface area contributed by atoms with E-state index in [2.05, 4.69) is 16.4 Å². The maximum absolute atomic E-state index is 5.01. The van der Waals surface area contributed by atoms with Gasteiger partial charge in [-0.25, -0.2) is 4.98 Å². The Morgan fingerprint density at radius 3 is 3.17 bits per heavy atom. The molecule has 0 atom stereocenters. The molecule has 65 valence electrons. The number of anilines is 1. The van der Waals surface area contributed by atoms with Crippen LogP contribution in [0.25, 0.3) is 0 Å². The first kappa shape index (κ1) is 9.00. The highest BCUT2D eigenvalue weighted by atomic mass is 16.5. The second-order valence-corrected chi connectivity index (χ2v) is 2.41. The highest BCUT2D eigenvalue weighted by Crippen LogP contribution is 2.10. The van der Waals surface area contributed by atoms with Crippen molar-refractivity contribution in [3.8, 4) is 0 Å². The maximum Gasteiger partial charge on any atom is 0.131 e. The van der Waals surface area contributed by atoms with Crippen molar-refractivity contribution in [1.29, 1.82) is 0 Å². The summed E-state index contributed by atoms with van der Waals surface area (Å²) in [5.41, 5.74) is 1.04. The van der Waals surface area contributed by atoms with E-state index in [1.54, 1.807) is 13.3 Å². The van der Waals surface area contributed by atoms with Gasteiger partial charge in [0.1, 0.15) is 5.82 Å². The number of ether oxygens (including phenoxy) is 1. The number of nitrogens with one attached hydrogen (secondary N) is 1. The van der Waals surface area contributed by atoms with Crippen LogP contribution in [0.1, 0.15) is 12.5 Å². The number of nitrogens with zero attached hydrogens (tertiary/aromatic N) is 1. The fourth-order valence-corrected chi connectivity index (χ4v) is 0.983. The highest BCUT2D eigenvalue weighted by Gasteiger charge is 1.99. The monoisotopic (exact) mass is 165 g/mol. The lowest BCUT2D eigenvalue weighted by Crippen LogP contribution is -2.03. The van der Waals surface area contributed by atoms with E-state index in [0.717, 1.165) is 17.9 Å². The van der Waals surface area contributed by atoms with Gasteiger partial charge in [0, 0.05) is 31.5 Å². The summed E-state index contributed by atoms with van der Waals surface area (Å²) in [6.07, 6.45) is 1.65. The van der Waals surface area contributed by atoms with Crippen molar-refractivity contribution in [2.75, 3.05) is 19.0 Å². The topological polar surface area (TPSA) is 34.2 Å². The Hall–Kier alpha value is -1.09. The number of hydrogen-bond donors (Lipinski definition) is 1. The summed E-state index contributed by atoms with van der Waals surface area (Å²) in [7, 11) is 1.67. The zero-order chi connectivity index (χ0) is 8.81. The molecule has 0 aliphatic heterocycles. The molecule has 1 aromatic heterocycles. The van der Waals surface area contributed by atoms with E-state index in [1.807, 2.05) is 13.0 Å². The van der Waals surface area contributed by atoms with Crippen molar-refractivity contribution < 1.29 is 4.74 Å². The van der Waals surface area contributed by atoms with Crippen LogP contribution in [-0.2, 0) is 11.3 Å². The van der Waals surface area contributed by atoms with Crippen molar-refractivity contribution in [2.24, 2.45) is 0 Å². The molecule has 1 rings (SSSR count). The average molecular weight is 165 g/mol. The molecule has 0 spiro atoms. The first-order valence-corrected chi connectivity index (χ1v) is 3.96. The van der Waals surface area contributed by atoms with Crippen molar-refractivity contribution >= 4 is 5.82 Å². The van der Waals surface area contributed by atoms with Gasteiger partial charge in [-0.2, -0.15) is 0 Å². The number of pyridine rings is 1. The molecule has 0 aromatic carbocycles. The van der Waals surface area contributed by atoms with E-state index in [1.165, 1.54) is 0 Å². The fourth-order valence-electron chi connectivity index (χ4n) is 0.983. The minimum Gasteiger partial charge on any atom is -0.380 e. The standard InChI is InChI=1S/C9H13N2O/c1-3-10-9-8(7-12-2)5-4-6-11-9/h5-6H,3,7H2,1-2H3,(H,10,11). The highest BCUT2D eigenvalue weighted by molar-refractivity contribution is 5.42. The van der Waals surface area contributed by atoms with Gasteiger partial charge in [0.15, 0.2) is 0 Å². The number of hydrogen-bond acceptors (Lipinski definition) is 3. The first-order valence-electron chi connectivity index (χ1n) is 3.96. The lowest BCUT2D eigenvalue weighted by Gasteiger charge is -2.07. The number of aromatic nitrogens is 1. The van der Waals surface area contributed by atoms with Gasteiger partial charge in [-0.1, -0.05) is 0 Å². The quantitative estimate of drug-likeness (QED) is 0.733. The van der Waals surface area contributed by atoms with Gasteiger partial charge in [0.05, 0.1) is 6.61 Å². The Morgan fingerprint density at radius 1 is 1.67 bits per heavy atom. The molecule has 1 heterocycles. The summed E-state index contributed by atoms with van der Waals surface area (Å²) in [5, 5.41) is 3.15. The van der Waals surface area contributed by atoms with Gasteiger partial charge in [-0.05, 0) is 13.0 Å². The SMILES string of the molecule is CCNc1nc[c]cc1COC. The van der Waals surface area contributed by atoms with Crippen LogP contribution in [0.4, 0.5) is 5.82 Å². The molecule has 12 heavy (non-hydrogen) atoms. The molecule has 1 N–H and O–H groups in total. The van der Waals surface area contributed by atoms with Gasteiger partial charge in [0.2, 0.25) is 0 Å². The summed E-state index contributed by atoms with van der Waals surface area (Å²) < 4.78 is 5.01. The Bertz CT molecular complexity index is 213. The van der Waals surface area contributed by atoms with E-state index >= 15 is 0 Å². The van der Waals surface area contributed by atoms with Gasteiger partial charge >= 0.3 is 0 Å². The van der Waals surface area contributed by atoms with Crippen LogP contribution in [0.5, 0.6) is 0 Å². The summed E-state index contributed by atoms with van der Waals surface area (Å²) in [6, 6.07) is 4.80. The number of methoxy groups -OCH3 is 1. The van der Waals surface area contributed by atoms with Crippen LogP contribution < -0.4 is 5.32 Å². The van der Waals surface area contributed by atoms with E-state index in [4.69, 9.17) is 4.74 Å². The Kier molecular flexibility index (Phi) is 3.54. The second-order valence-electron chi connectivity index (χ2n) is 2.41. The van der Waals surface area contributed by atoms with E-state index in [9.17, 15) is 0 Å². The van der Waals surface area contributed by atoms with Gasteiger partial charge in [0.25, 0.3) is 0 Å². The molecule has 0 amide bonds. The zero-order valence-electron chi connectivity index (χ0n) is 7.42. The molecule has 3 nitrogen and oxygen atoms in total. The minimum atomic E-state index is 0.576. The van der Waals surface area contributed by atoms with Crippen LogP contribution >= 0.6 is 0 Å². The third-order valence-electron chi connectivity index (χ3n) is 1.47. The Balaban J connectivity index is 2.77. The van der Waals surface area contributed by atoms with E-state index in [0.29, 0.717) is 6.61 Å². The predicted molar refractivity (Wildman–Crippen MR) is 47.9 cm³/mol. The summed E-state index contributed by atoms with van der Waals surface area (Å²) in [6.45, 7) is 3.48. The van der Waals surface area contributed by atoms with Crippen LogP contribution in [-0.4, -0.2) is 18.6 Å². The fraction of sp³-hybridized carbons (Fsp3) is 0.444. The smallest absolute Gasteiger partial charge is 0.131 e. The summed E-state index contributed by atoms with van der Waals surface area (Å²) in [5.74, 6) is 0.887. The Labute approximate surface area is 72.8 Å². The van der Waals surface area contributed by atoms with Crippen molar-refractivity contribution in [3.63, 3.8) is 0 Å². The molecule has 1 aromatic rings. The van der Waals surface area contributed by atoms with E-state index < -0.39 is 0 Å². The molecule has 3 heteroatoms. The molecule has 0 aliphatic carbocycles. The molecule has 0 saturated carbocycles. The molecule has 0 fully saturated rings. The van der Waals surface area contributed by atoms with Crippen molar-refractivity contribution in [2.45, 2.75) is 13.5 Å². The van der Waals surface area contributed by atoms with Crippen molar-refractivity contribution in [3.05, 3.63) is 23.9 Å². The first-order chi connectivity index (χ1) is 5.88. The zero-order valence-corrected chi connectivity index (χ0v) is 7.42. The third-order valence-corrected chi connectivity index (χ3v) is 1.47. The summed E-state index contributed by atoms with van der Waals surface area (Å²) >= 11 is 0. The average Bonchev–Trinajstić information content (AvgIpc) is 2.09. The van der Waals surface area contributed by atoms with E-state index in [-0.39, 0.29) is 0 Å². The molecule has 0 unspecified atom stereocenters. The maximum atomic E-state index is 5.01. The van der Waals surface area contributed by atoms with Gasteiger partial charge in [-0.15, -0.1) is 0 Å². The normalized spacial score (nSPS) is 9.83. The largest absolute Gasteiger partial charge is 0.380 e. The van der Waals surface area contributed by atoms with Crippen LogP contribution in [0.2, 0.25) is 0 Å². The molecule has 0 bridgehead atoms. The molecular formula is C9H13N2O. The summed E-state index contributed by atoms with van der Waals surface area (Å²) in [4.78, 5) is 4.14. The van der Waals surface area contributed by atoms with Gasteiger partial charge < -0.3 is 10.1 Å². The molecule has 0 saturated heterocycles. The second kappa shape index (κ2) is 4.72. The Morgan fingerprint density at radius 2 is 2.50 bits per heavy atom. The minimum absolute atomic E-state index is 0.576. The molecular weight excluding hydrogens is 152 g/mol.